The normalized spacial score (nSPS) is 21.8. The summed E-state index contributed by atoms with van der Waals surface area (Å²) in [4.78, 5) is 65.5. The highest BCUT2D eigenvalue weighted by molar-refractivity contribution is 7.46. The number of nitro groups is 1. The molecule has 2 aromatic heterocycles. The fraction of sp³-hybridized carbons (Fsp3) is 0.478. The molecule has 0 bridgehead atoms. The van der Waals surface area contributed by atoms with Crippen LogP contribution in [0.3, 0.4) is 0 Å². The van der Waals surface area contributed by atoms with E-state index in [1.807, 2.05) is 0 Å². The van der Waals surface area contributed by atoms with Crippen molar-refractivity contribution in [2.24, 2.45) is 5.41 Å². The maximum Gasteiger partial charge on any atom is 0.509 e. The molecule has 0 radical (unpaired) electrons. The molecule has 1 saturated heterocycles. The van der Waals surface area contributed by atoms with E-state index in [-0.39, 0.29) is 28.4 Å². The summed E-state index contributed by atoms with van der Waals surface area (Å²) >= 11 is 0. The summed E-state index contributed by atoms with van der Waals surface area (Å²) in [6.07, 6.45) is -6.36. The number of nitrogens with zero attached hydrogens (tertiary/aromatic N) is 4. The first-order chi connectivity index (χ1) is 19.6. The quantitative estimate of drug-likeness (QED) is 0.117. The molecule has 0 saturated carbocycles. The molecular weight excluding hydrogens is 583 g/mol. The molecule has 3 aromatic rings. The van der Waals surface area contributed by atoms with Crippen LogP contribution in [0.4, 0.5) is 16.4 Å². The first-order valence-corrected chi connectivity index (χ1v) is 13.8. The van der Waals surface area contributed by atoms with Crippen LogP contribution in [0.2, 0.25) is 0 Å². The van der Waals surface area contributed by atoms with Crippen molar-refractivity contribution in [3.8, 4) is 0 Å². The smallest absolute Gasteiger partial charge is 0.425 e. The summed E-state index contributed by atoms with van der Waals surface area (Å²) in [6.45, 7) is 4.45. The van der Waals surface area contributed by atoms with E-state index >= 15 is 0 Å². The molecule has 3 heterocycles. The van der Waals surface area contributed by atoms with Crippen molar-refractivity contribution < 1.29 is 47.5 Å². The van der Waals surface area contributed by atoms with Crippen LogP contribution in [0.1, 0.15) is 38.7 Å². The average Bonchev–Trinajstić information content (AvgIpc) is 3.45. The molecular formula is C23H29N6O12P. The number of benzene rings is 1. The van der Waals surface area contributed by atoms with Gasteiger partial charge in [0.15, 0.2) is 23.5 Å². The molecule has 5 atom stereocenters. The summed E-state index contributed by atoms with van der Waals surface area (Å²) in [6, 6.07) is 5.78. The molecule has 4 rings (SSSR count). The lowest BCUT2D eigenvalue weighted by Gasteiger charge is -2.31. The number of nitro benzene ring substituents is 1. The van der Waals surface area contributed by atoms with Crippen molar-refractivity contribution in [2.75, 3.05) is 19.5 Å². The van der Waals surface area contributed by atoms with Crippen molar-refractivity contribution in [1.29, 1.82) is 0 Å². The second kappa shape index (κ2) is 11.7. The average molecular weight is 612 g/mol. The van der Waals surface area contributed by atoms with Gasteiger partial charge in [-0.1, -0.05) is 32.9 Å². The highest BCUT2D eigenvalue weighted by Gasteiger charge is 2.50. The molecule has 19 heteroatoms. The zero-order valence-corrected chi connectivity index (χ0v) is 23.7. The number of methoxy groups -OCH3 is 1. The fourth-order valence-corrected chi connectivity index (χ4v) is 4.94. The van der Waals surface area contributed by atoms with Crippen molar-refractivity contribution in [1.82, 2.24) is 19.5 Å². The van der Waals surface area contributed by atoms with E-state index in [9.17, 15) is 34.1 Å². The van der Waals surface area contributed by atoms with Gasteiger partial charge in [-0.3, -0.25) is 29.0 Å². The van der Waals surface area contributed by atoms with E-state index in [2.05, 4.69) is 19.5 Å². The number of hydrogen-bond donors (Lipinski definition) is 4. The lowest BCUT2D eigenvalue weighted by molar-refractivity contribution is -0.386. The zero-order valence-electron chi connectivity index (χ0n) is 22.8. The highest BCUT2D eigenvalue weighted by atomic mass is 31.2. The molecule has 1 aromatic carbocycles. The Labute approximate surface area is 237 Å². The van der Waals surface area contributed by atoms with Crippen LogP contribution in [-0.4, -0.2) is 72.4 Å². The monoisotopic (exact) mass is 612 g/mol. The Hall–Kier alpha value is -3.93. The number of hydrogen-bond acceptors (Lipinski definition) is 13. The molecule has 0 spiro atoms. The number of phosphoric acid groups is 1. The molecule has 228 valence electrons. The Morgan fingerprint density at radius 3 is 2.62 bits per heavy atom. The summed E-state index contributed by atoms with van der Waals surface area (Å²) in [7, 11) is -3.70. The zero-order chi connectivity index (χ0) is 31.0. The van der Waals surface area contributed by atoms with E-state index in [0.29, 0.717) is 0 Å². The number of carbonyl (C=O) groups excluding carboxylic acids is 1. The standard InChI is InChI=1S/C23H29N6O12P/c1-23(2,3)17(11-7-5-6-8-12(11)29(32)33)41-22(31)40-16-15(37-4)13(9-38-42(34,35)36)39-20(16)28-10-25-14-18(28)26-21(24)27-19(14)30/h5-8,10,13,15-17,20H,9H2,1-4H3,(H2,34,35,36)(H3,24,26,27,30)/t13-,15+,16?,17?,20-/m1/s1. The second-order valence-electron chi connectivity index (χ2n) is 10.3. The first kappa shape index (κ1) is 31.0. The molecule has 18 nitrogen and oxygen atoms in total. The van der Waals surface area contributed by atoms with Gasteiger partial charge in [-0.05, 0) is 6.07 Å². The lowest BCUT2D eigenvalue weighted by atomic mass is 9.84. The van der Waals surface area contributed by atoms with Gasteiger partial charge in [-0.25, -0.2) is 14.3 Å². The summed E-state index contributed by atoms with van der Waals surface area (Å²) in [5.41, 5.74) is 3.88. The van der Waals surface area contributed by atoms with Crippen molar-refractivity contribution in [2.45, 2.75) is 51.4 Å². The van der Waals surface area contributed by atoms with Gasteiger partial charge in [0, 0.05) is 18.6 Å². The fourth-order valence-electron chi connectivity index (χ4n) is 4.59. The Morgan fingerprint density at radius 1 is 1.31 bits per heavy atom. The molecule has 5 N–H and O–H groups in total. The summed E-state index contributed by atoms with van der Waals surface area (Å²) in [5.74, 6) is -0.244. The molecule has 0 amide bonds. The third-order valence-corrected chi connectivity index (χ3v) is 6.82. The van der Waals surface area contributed by atoms with E-state index in [1.165, 1.54) is 36.2 Å². The Morgan fingerprint density at radius 2 is 2.00 bits per heavy atom. The number of para-hydroxylation sites is 1. The minimum atomic E-state index is -4.94. The predicted octanol–water partition coefficient (Wildman–Crippen LogP) is 1.94. The second-order valence-corrected chi connectivity index (χ2v) is 11.6. The lowest BCUT2D eigenvalue weighted by Crippen LogP contribution is -2.39. The number of phosphoric ester groups is 1. The van der Waals surface area contributed by atoms with Crippen LogP contribution in [0, 0.1) is 15.5 Å². The van der Waals surface area contributed by atoms with Crippen LogP contribution >= 0.6 is 7.82 Å². The molecule has 1 aliphatic heterocycles. The third kappa shape index (κ3) is 6.59. The predicted molar refractivity (Wildman–Crippen MR) is 142 cm³/mol. The van der Waals surface area contributed by atoms with Gasteiger partial charge in [-0.15, -0.1) is 0 Å². The molecule has 1 aliphatic rings. The largest absolute Gasteiger partial charge is 0.509 e. The number of rotatable bonds is 9. The number of aromatic nitrogens is 4. The number of anilines is 1. The van der Waals surface area contributed by atoms with E-state index in [4.69, 9.17) is 24.7 Å². The maximum atomic E-state index is 13.3. The van der Waals surface area contributed by atoms with Gasteiger partial charge >= 0.3 is 14.0 Å². The number of fused-ring (bicyclic) bond motifs is 1. The van der Waals surface area contributed by atoms with Gasteiger partial charge in [-0.2, -0.15) is 4.98 Å². The number of nitrogens with two attached hydrogens (primary N) is 1. The number of carbonyl (C=O) groups is 1. The van der Waals surface area contributed by atoms with Gasteiger partial charge in [0.1, 0.15) is 18.3 Å². The number of ether oxygens (including phenoxy) is 4. The van der Waals surface area contributed by atoms with Crippen molar-refractivity contribution >= 4 is 36.8 Å². The van der Waals surface area contributed by atoms with Crippen molar-refractivity contribution in [3.05, 3.63) is 56.6 Å². The van der Waals surface area contributed by atoms with Gasteiger partial charge in [0.2, 0.25) is 5.95 Å². The SMILES string of the molecule is CO[C@@H]1C(OC(=O)OC(c2ccccc2[N+](=O)[O-])C(C)(C)C)[C@H](n2cnc3c(=O)[nH]c(N)nc32)O[C@@H]1COP(=O)(O)O. The topological polar surface area (TPSA) is 253 Å². The Kier molecular flexibility index (Phi) is 8.68. The van der Waals surface area contributed by atoms with Crippen LogP contribution in [0.25, 0.3) is 11.2 Å². The van der Waals surface area contributed by atoms with E-state index in [1.54, 1.807) is 26.8 Å². The van der Waals surface area contributed by atoms with Gasteiger partial charge < -0.3 is 34.5 Å². The van der Waals surface area contributed by atoms with E-state index in [0.717, 1.165) is 0 Å². The maximum absolute atomic E-state index is 13.3. The Bertz CT molecular complexity index is 1580. The number of imidazole rings is 1. The number of nitrogens with one attached hydrogen (secondary N) is 1. The Balaban J connectivity index is 1.70. The summed E-state index contributed by atoms with van der Waals surface area (Å²) < 4.78 is 39.9. The van der Waals surface area contributed by atoms with Crippen LogP contribution < -0.4 is 11.3 Å². The number of nitrogen functional groups attached to an aromatic ring is 1. The number of H-pyrrole nitrogens is 1. The van der Waals surface area contributed by atoms with Crippen molar-refractivity contribution in [3.63, 3.8) is 0 Å². The molecule has 0 aliphatic carbocycles. The molecule has 42 heavy (non-hydrogen) atoms. The minimum Gasteiger partial charge on any atom is -0.425 e. The summed E-state index contributed by atoms with van der Waals surface area (Å²) in [5, 5.41) is 11.7. The molecule has 1 fully saturated rings. The van der Waals surface area contributed by atoms with Crippen LogP contribution in [0.15, 0.2) is 35.4 Å². The first-order valence-electron chi connectivity index (χ1n) is 12.3. The van der Waals surface area contributed by atoms with Crippen LogP contribution in [0.5, 0.6) is 0 Å². The highest BCUT2D eigenvalue weighted by Crippen LogP contribution is 2.43. The number of aromatic amines is 1. The third-order valence-electron chi connectivity index (χ3n) is 6.34. The minimum absolute atomic E-state index is 0.0536. The van der Waals surface area contributed by atoms with Gasteiger partial charge in [0.05, 0.1) is 23.4 Å². The van der Waals surface area contributed by atoms with Crippen LogP contribution in [-0.2, 0) is 28.0 Å². The molecule has 2 unspecified atom stereocenters. The van der Waals surface area contributed by atoms with Gasteiger partial charge in [0.25, 0.3) is 11.2 Å². The van der Waals surface area contributed by atoms with E-state index < -0.39 is 67.1 Å².